The van der Waals surface area contributed by atoms with Crippen LogP contribution in [0.4, 0.5) is 5.82 Å². The predicted octanol–water partition coefficient (Wildman–Crippen LogP) is 4.02. The standard InChI is InChI=1S/C34H39N5O5/c1-43-25-6-4-24(5-7-25)35-31-12-3-22-16-21(2-10-29(22)36-31)18-38-15-14-27(20-38)44-26-8-9-28-23(17-26)19-39(34(28)42)30-11-13-32(40)37-33(30)41/h2-3,8-10,12,16-17,24-25,27,30H,4-7,11,13-15,18-20H2,1H3,(H,35,36)(H,37,40,41)/t24?,25?,27-,30?/m0/s1. The monoisotopic (exact) mass is 597 g/mol. The highest BCUT2D eigenvalue weighted by atomic mass is 16.5. The molecule has 4 heterocycles. The van der Waals surface area contributed by atoms with Crippen molar-refractivity contribution >= 4 is 34.4 Å². The minimum Gasteiger partial charge on any atom is -0.489 e. The number of benzene rings is 2. The number of imide groups is 1. The molecule has 3 amide bonds. The summed E-state index contributed by atoms with van der Waals surface area (Å²) in [6.45, 7) is 2.96. The van der Waals surface area contributed by atoms with Gasteiger partial charge in [0.1, 0.15) is 23.7 Å². The molecule has 3 fully saturated rings. The Hall–Kier alpha value is -4.02. The van der Waals surface area contributed by atoms with Crippen LogP contribution in [0.1, 0.15) is 66.4 Å². The van der Waals surface area contributed by atoms with Crippen LogP contribution in [0.2, 0.25) is 0 Å². The molecule has 44 heavy (non-hydrogen) atoms. The molecule has 230 valence electrons. The third-order valence-electron chi connectivity index (χ3n) is 9.55. The van der Waals surface area contributed by atoms with E-state index in [2.05, 4.69) is 45.9 Å². The number of amides is 3. The highest BCUT2D eigenvalue weighted by Crippen LogP contribution is 2.31. The molecule has 2 N–H and O–H groups in total. The molecule has 1 aromatic heterocycles. The number of ether oxygens (including phenoxy) is 2. The largest absolute Gasteiger partial charge is 0.489 e. The Balaban J connectivity index is 0.927. The van der Waals surface area contributed by atoms with Crippen molar-refractivity contribution in [2.24, 2.45) is 0 Å². The lowest BCUT2D eigenvalue weighted by Gasteiger charge is -2.29. The van der Waals surface area contributed by atoms with Crippen LogP contribution in [0, 0.1) is 0 Å². The number of carbonyl (C=O) groups is 3. The molecule has 3 aromatic rings. The van der Waals surface area contributed by atoms with Gasteiger partial charge in [0.05, 0.1) is 11.6 Å². The fourth-order valence-corrected chi connectivity index (χ4v) is 7.12. The molecule has 0 spiro atoms. The molecule has 0 radical (unpaired) electrons. The predicted molar refractivity (Wildman–Crippen MR) is 165 cm³/mol. The summed E-state index contributed by atoms with van der Waals surface area (Å²) >= 11 is 0. The van der Waals surface area contributed by atoms with Gasteiger partial charge in [0.2, 0.25) is 11.8 Å². The Morgan fingerprint density at radius 1 is 0.955 bits per heavy atom. The zero-order valence-electron chi connectivity index (χ0n) is 25.1. The van der Waals surface area contributed by atoms with Gasteiger partial charge >= 0.3 is 0 Å². The molecule has 4 aliphatic rings. The molecule has 7 rings (SSSR count). The van der Waals surface area contributed by atoms with Crippen molar-refractivity contribution in [3.05, 3.63) is 65.2 Å². The number of nitrogens with one attached hydrogen (secondary N) is 2. The first kappa shape index (κ1) is 28.7. The molecule has 1 saturated carbocycles. The molecule has 1 aliphatic carbocycles. The molecular formula is C34H39N5O5. The minimum absolute atomic E-state index is 0.0612. The zero-order chi connectivity index (χ0) is 30.2. The van der Waals surface area contributed by atoms with E-state index in [1.54, 1.807) is 18.1 Å². The Labute approximate surface area is 257 Å². The average Bonchev–Trinajstić information content (AvgIpc) is 3.60. The SMILES string of the molecule is COC1CCC(Nc2ccc3cc(CN4CC[C@H](Oc5ccc6c(c5)CN(C5CCC(=O)NC5=O)C6=O)C4)ccc3n2)CC1. The van der Waals surface area contributed by atoms with Gasteiger partial charge in [-0.25, -0.2) is 4.98 Å². The second kappa shape index (κ2) is 12.2. The molecular weight excluding hydrogens is 558 g/mol. The number of carbonyl (C=O) groups excluding carboxylic acids is 3. The second-order valence-electron chi connectivity index (χ2n) is 12.6. The number of methoxy groups -OCH3 is 1. The van der Waals surface area contributed by atoms with Crippen LogP contribution in [0.5, 0.6) is 5.75 Å². The third-order valence-corrected chi connectivity index (χ3v) is 9.55. The Morgan fingerprint density at radius 3 is 2.64 bits per heavy atom. The Kier molecular flexibility index (Phi) is 7.95. The summed E-state index contributed by atoms with van der Waals surface area (Å²) in [6, 6.07) is 16.2. The number of nitrogens with zero attached hydrogens (tertiary/aromatic N) is 3. The van der Waals surface area contributed by atoms with Crippen molar-refractivity contribution < 1.29 is 23.9 Å². The summed E-state index contributed by atoms with van der Waals surface area (Å²) in [5.41, 5.74) is 3.70. The summed E-state index contributed by atoms with van der Waals surface area (Å²) in [5, 5.41) is 7.11. The van der Waals surface area contributed by atoms with Crippen LogP contribution in [0.25, 0.3) is 10.9 Å². The molecule has 1 unspecified atom stereocenters. The lowest BCUT2D eigenvalue weighted by atomic mass is 9.93. The van der Waals surface area contributed by atoms with Crippen LogP contribution in [0.15, 0.2) is 48.5 Å². The molecule has 2 aromatic carbocycles. The van der Waals surface area contributed by atoms with E-state index in [1.807, 2.05) is 12.1 Å². The van der Waals surface area contributed by atoms with E-state index in [-0.39, 0.29) is 24.3 Å². The molecule has 3 aliphatic heterocycles. The summed E-state index contributed by atoms with van der Waals surface area (Å²) in [5.74, 6) is 0.820. The minimum atomic E-state index is -0.615. The third kappa shape index (κ3) is 6.01. The van der Waals surface area contributed by atoms with E-state index >= 15 is 0 Å². The van der Waals surface area contributed by atoms with Crippen molar-refractivity contribution in [1.29, 1.82) is 0 Å². The van der Waals surface area contributed by atoms with Crippen molar-refractivity contribution in [2.45, 2.75) is 82.3 Å². The van der Waals surface area contributed by atoms with Gasteiger partial charge in [-0.2, -0.15) is 0 Å². The lowest BCUT2D eigenvalue weighted by Crippen LogP contribution is -2.52. The van der Waals surface area contributed by atoms with Crippen LogP contribution in [0.3, 0.4) is 0 Å². The smallest absolute Gasteiger partial charge is 0.255 e. The summed E-state index contributed by atoms with van der Waals surface area (Å²) in [7, 11) is 1.80. The molecule has 10 heteroatoms. The number of hydrogen-bond donors (Lipinski definition) is 2. The van der Waals surface area contributed by atoms with Crippen LogP contribution >= 0.6 is 0 Å². The van der Waals surface area contributed by atoms with E-state index in [0.29, 0.717) is 30.7 Å². The van der Waals surface area contributed by atoms with Gasteiger partial charge < -0.3 is 19.7 Å². The molecule has 2 saturated heterocycles. The zero-order valence-corrected chi connectivity index (χ0v) is 25.1. The number of hydrogen-bond acceptors (Lipinski definition) is 8. The lowest BCUT2D eigenvalue weighted by molar-refractivity contribution is -0.136. The van der Waals surface area contributed by atoms with Gasteiger partial charge in [-0.05, 0) is 92.1 Å². The van der Waals surface area contributed by atoms with Gasteiger partial charge in [-0.15, -0.1) is 0 Å². The van der Waals surface area contributed by atoms with Crippen LogP contribution in [-0.2, 0) is 27.4 Å². The van der Waals surface area contributed by atoms with E-state index < -0.39 is 11.9 Å². The van der Waals surface area contributed by atoms with Crippen molar-refractivity contribution in [3.8, 4) is 5.75 Å². The van der Waals surface area contributed by atoms with Crippen LogP contribution in [-0.4, -0.2) is 77.0 Å². The van der Waals surface area contributed by atoms with Crippen molar-refractivity contribution in [1.82, 2.24) is 20.1 Å². The van der Waals surface area contributed by atoms with Gasteiger partial charge in [-0.1, -0.05) is 6.07 Å². The van der Waals surface area contributed by atoms with Gasteiger partial charge in [0, 0.05) is 56.7 Å². The van der Waals surface area contributed by atoms with Gasteiger partial charge in [0.15, 0.2) is 0 Å². The van der Waals surface area contributed by atoms with E-state index in [4.69, 9.17) is 14.5 Å². The summed E-state index contributed by atoms with van der Waals surface area (Å²) in [4.78, 5) is 45.7. The van der Waals surface area contributed by atoms with E-state index in [0.717, 1.165) is 79.8 Å². The molecule has 2 atom stereocenters. The maximum absolute atomic E-state index is 13.0. The van der Waals surface area contributed by atoms with Crippen molar-refractivity contribution in [3.63, 3.8) is 0 Å². The van der Waals surface area contributed by atoms with E-state index in [9.17, 15) is 14.4 Å². The van der Waals surface area contributed by atoms with Crippen LogP contribution < -0.4 is 15.4 Å². The van der Waals surface area contributed by atoms with Gasteiger partial charge in [-0.3, -0.25) is 24.6 Å². The Bertz CT molecular complexity index is 1590. The maximum Gasteiger partial charge on any atom is 0.255 e. The first-order chi connectivity index (χ1) is 21.4. The quantitative estimate of drug-likeness (QED) is 0.375. The molecule has 0 bridgehead atoms. The summed E-state index contributed by atoms with van der Waals surface area (Å²) < 4.78 is 11.9. The number of pyridine rings is 1. The number of aromatic nitrogens is 1. The highest BCUT2D eigenvalue weighted by molar-refractivity contribution is 6.05. The Morgan fingerprint density at radius 2 is 1.82 bits per heavy atom. The normalized spacial score (nSPS) is 25.8. The summed E-state index contributed by atoms with van der Waals surface area (Å²) in [6.07, 6.45) is 6.36. The number of likely N-dealkylation sites (tertiary alicyclic amines) is 1. The maximum atomic E-state index is 13.0. The number of rotatable bonds is 8. The first-order valence-corrected chi connectivity index (χ1v) is 15.8. The fraction of sp³-hybridized carbons (Fsp3) is 0.471. The number of anilines is 1. The van der Waals surface area contributed by atoms with Gasteiger partial charge in [0.25, 0.3) is 5.91 Å². The topological polar surface area (TPSA) is 113 Å². The van der Waals surface area contributed by atoms with Crippen molar-refractivity contribution in [2.75, 3.05) is 25.5 Å². The highest BCUT2D eigenvalue weighted by Gasteiger charge is 2.39. The molecule has 10 nitrogen and oxygen atoms in total. The number of fused-ring (bicyclic) bond motifs is 2. The second-order valence-corrected chi connectivity index (χ2v) is 12.6. The average molecular weight is 598 g/mol. The number of piperidine rings is 1. The fourth-order valence-electron chi connectivity index (χ4n) is 7.12. The first-order valence-electron chi connectivity index (χ1n) is 15.8. The van der Waals surface area contributed by atoms with E-state index in [1.165, 1.54) is 5.56 Å².